The average molecular weight is 196 g/mol. The van der Waals surface area contributed by atoms with Crippen molar-refractivity contribution in [2.45, 2.75) is 45.2 Å². The van der Waals surface area contributed by atoms with Crippen LogP contribution in [0.1, 0.15) is 36.1 Å². The van der Waals surface area contributed by atoms with Gasteiger partial charge in [-0.3, -0.25) is 0 Å². The molecule has 1 aromatic rings. The Kier molecular flexibility index (Phi) is 2.39. The predicted octanol–water partition coefficient (Wildman–Crippen LogP) is 2.48. The van der Waals surface area contributed by atoms with E-state index in [1.807, 2.05) is 6.20 Å². The summed E-state index contributed by atoms with van der Waals surface area (Å²) in [5, 5.41) is 4.76. The van der Waals surface area contributed by atoms with Gasteiger partial charge in [-0.05, 0) is 33.1 Å². The van der Waals surface area contributed by atoms with Gasteiger partial charge in [0.25, 0.3) is 0 Å². The Bertz CT molecular complexity index is 289. The molecule has 1 saturated carbocycles. The third-order valence-corrected chi connectivity index (χ3v) is 3.73. The van der Waals surface area contributed by atoms with E-state index >= 15 is 0 Å². The molecular formula is C10H16N2S. The van der Waals surface area contributed by atoms with Crippen LogP contribution in [0.3, 0.4) is 0 Å². The number of hydrogen-bond acceptors (Lipinski definition) is 3. The molecule has 13 heavy (non-hydrogen) atoms. The van der Waals surface area contributed by atoms with Crippen molar-refractivity contribution in [2.24, 2.45) is 0 Å². The Hall–Kier alpha value is -0.410. The van der Waals surface area contributed by atoms with Crippen LogP contribution in [0.15, 0.2) is 6.20 Å². The first-order valence-corrected chi connectivity index (χ1v) is 5.66. The minimum atomic E-state index is 0.415. The number of thiazole rings is 1. The molecule has 0 atom stereocenters. The van der Waals surface area contributed by atoms with Crippen molar-refractivity contribution in [2.75, 3.05) is 0 Å². The fourth-order valence-corrected chi connectivity index (χ4v) is 2.41. The highest BCUT2D eigenvalue weighted by Gasteiger charge is 2.30. The summed E-state index contributed by atoms with van der Waals surface area (Å²) in [6, 6.07) is 0. The predicted molar refractivity (Wildman–Crippen MR) is 55.9 cm³/mol. The maximum Gasteiger partial charge on any atom is 0.0897 e. The highest BCUT2D eigenvalue weighted by molar-refractivity contribution is 7.11. The van der Waals surface area contributed by atoms with E-state index in [0.717, 1.165) is 11.6 Å². The highest BCUT2D eigenvalue weighted by Crippen LogP contribution is 2.31. The van der Waals surface area contributed by atoms with Gasteiger partial charge in [-0.15, -0.1) is 11.3 Å². The lowest BCUT2D eigenvalue weighted by Gasteiger charge is -2.39. The van der Waals surface area contributed by atoms with Gasteiger partial charge in [0.1, 0.15) is 0 Å². The van der Waals surface area contributed by atoms with Crippen molar-refractivity contribution in [3.8, 4) is 0 Å². The fraction of sp³-hybridized carbons (Fsp3) is 0.700. The minimum Gasteiger partial charge on any atom is -0.307 e. The molecule has 0 spiro atoms. The third kappa shape index (κ3) is 2.09. The van der Waals surface area contributed by atoms with E-state index < -0.39 is 0 Å². The van der Waals surface area contributed by atoms with Crippen LogP contribution in [-0.2, 0) is 6.54 Å². The minimum absolute atomic E-state index is 0.415. The number of nitrogens with one attached hydrogen (secondary N) is 1. The zero-order chi connectivity index (χ0) is 9.31. The summed E-state index contributed by atoms with van der Waals surface area (Å²) < 4.78 is 0. The van der Waals surface area contributed by atoms with Crippen molar-refractivity contribution in [3.05, 3.63) is 16.1 Å². The van der Waals surface area contributed by atoms with Gasteiger partial charge in [-0.2, -0.15) is 0 Å². The molecular weight excluding hydrogens is 180 g/mol. The Morgan fingerprint density at radius 1 is 1.62 bits per heavy atom. The second-order valence-electron chi connectivity index (χ2n) is 4.11. The van der Waals surface area contributed by atoms with E-state index in [4.69, 9.17) is 0 Å². The number of aryl methyl sites for hydroxylation is 1. The quantitative estimate of drug-likeness (QED) is 0.803. The first-order valence-electron chi connectivity index (χ1n) is 4.84. The van der Waals surface area contributed by atoms with Gasteiger partial charge in [-0.1, -0.05) is 0 Å². The molecule has 0 radical (unpaired) electrons. The molecule has 1 fully saturated rings. The van der Waals surface area contributed by atoms with E-state index in [1.54, 1.807) is 11.3 Å². The molecule has 1 aliphatic carbocycles. The second kappa shape index (κ2) is 3.39. The second-order valence-corrected chi connectivity index (χ2v) is 5.43. The normalized spacial score (nSPS) is 19.8. The molecule has 0 bridgehead atoms. The Morgan fingerprint density at radius 3 is 2.85 bits per heavy atom. The lowest BCUT2D eigenvalue weighted by atomic mass is 9.78. The van der Waals surface area contributed by atoms with Crippen molar-refractivity contribution in [1.82, 2.24) is 10.3 Å². The van der Waals surface area contributed by atoms with Crippen molar-refractivity contribution in [3.63, 3.8) is 0 Å². The van der Waals surface area contributed by atoms with E-state index in [2.05, 4.69) is 24.1 Å². The van der Waals surface area contributed by atoms with Gasteiger partial charge in [0.15, 0.2) is 0 Å². The number of aromatic nitrogens is 1. The van der Waals surface area contributed by atoms with Crippen molar-refractivity contribution in [1.29, 1.82) is 0 Å². The molecule has 72 valence electrons. The van der Waals surface area contributed by atoms with E-state index in [9.17, 15) is 0 Å². The summed E-state index contributed by atoms with van der Waals surface area (Å²) in [6.07, 6.45) is 6.01. The molecule has 0 aliphatic heterocycles. The SMILES string of the molecule is Cc1ncc(CNC2(C)CCC2)s1. The molecule has 2 rings (SSSR count). The lowest BCUT2D eigenvalue weighted by Crippen LogP contribution is -2.47. The molecule has 0 aromatic carbocycles. The number of rotatable bonds is 3. The van der Waals surface area contributed by atoms with Crippen molar-refractivity contribution >= 4 is 11.3 Å². The maximum atomic E-state index is 4.24. The van der Waals surface area contributed by atoms with E-state index in [1.165, 1.54) is 24.1 Å². The fourth-order valence-electron chi connectivity index (χ4n) is 1.67. The zero-order valence-electron chi connectivity index (χ0n) is 8.26. The molecule has 1 heterocycles. The Balaban J connectivity index is 1.85. The zero-order valence-corrected chi connectivity index (χ0v) is 9.08. The summed E-state index contributed by atoms with van der Waals surface area (Å²) in [5.41, 5.74) is 0.415. The monoisotopic (exact) mass is 196 g/mol. The summed E-state index contributed by atoms with van der Waals surface area (Å²) in [4.78, 5) is 5.59. The summed E-state index contributed by atoms with van der Waals surface area (Å²) in [5.74, 6) is 0. The van der Waals surface area contributed by atoms with Crippen LogP contribution in [0.2, 0.25) is 0 Å². The van der Waals surface area contributed by atoms with Crippen molar-refractivity contribution < 1.29 is 0 Å². The number of nitrogens with zero attached hydrogens (tertiary/aromatic N) is 1. The summed E-state index contributed by atoms with van der Waals surface area (Å²) in [7, 11) is 0. The third-order valence-electron chi connectivity index (χ3n) is 2.82. The molecule has 1 N–H and O–H groups in total. The van der Waals surface area contributed by atoms with Crippen LogP contribution in [0.4, 0.5) is 0 Å². The van der Waals surface area contributed by atoms with Gasteiger partial charge in [0.05, 0.1) is 5.01 Å². The van der Waals surface area contributed by atoms with Gasteiger partial charge < -0.3 is 5.32 Å². The topological polar surface area (TPSA) is 24.9 Å². The largest absolute Gasteiger partial charge is 0.307 e. The molecule has 1 aliphatic rings. The van der Waals surface area contributed by atoms with Crippen LogP contribution >= 0.6 is 11.3 Å². The van der Waals surface area contributed by atoms with Crippen LogP contribution in [-0.4, -0.2) is 10.5 Å². The van der Waals surface area contributed by atoms with Gasteiger partial charge in [-0.25, -0.2) is 4.98 Å². The first kappa shape index (κ1) is 9.16. The average Bonchev–Trinajstić information content (AvgIpc) is 2.44. The van der Waals surface area contributed by atoms with Crippen LogP contribution in [0.5, 0.6) is 0 Å². The molecule has 0 amide bonds. The van der Waals surface area contributed by atoms with Gasteiger partial charge in [0, 0.05) is 23.2 Å². The summed E-state index contributed by atoms with van der Waals surface area (Å²) >= 11 is 1.79. The molecule has 1 aromatic heterocycles. The van der Waals surface area contributed by atoms with E-state index in [0.29, 0.717) is 5.54 Å². The summed E-state index contributed by atoms with van der Waals surface area (Å²) in [6.45, 7) is 5.35. The van der Waals surface area contributed by atoms with Crippen LogP contribution in [0, 0.1) is 6.92 Å². The van der Waals surface area contributed by atoms with Gasteiger partial charge >= 0.3 is 0 Å². The van der Waals surface area contributed by atoms with Crippen LogP contribution in [0.25, 0.3) is 0 Å². The number of hydrogen-bond donors (Lipinski definition) is 1. The maximum absolute atomic E-state index is 4.24. The standard InChI is InChI=1S/C10H16N2S/c1-8-11-6-9(13-8)7-12-10(2)4-3-5-10/h6,12H,3-5,7H2,1-2H3. The molecule has 0 unspecified atom stereocenters. The first-order chi connectivity index (χ1) is 6.18. The molecule has 2 nitrogen and oxygen atoms in total. The Labute approximate surface area is 83.4 Å². The molecule has 0 saturated heterocycles. The van der Waals surface area contributed by atoms with Crippen LogP contribution < -0.4 is 5.32 Å². The smallest absolute Gasteiger partial charge is 0.0897 e. The van der Waals surface area contributed by atoms with E-state index in [-0.39, 0.29) is 0 Å². The Morgan fingerprint density at radius 2 is 2.38 bits per heavy atom. The lowest BCUT2D eigenvalue weighted by molar-refractivity contribution is 0.207. The van der Waals surface area contributed by atoms with Gasteiger partial charge in [0.2, 0.25) is 0 Å². The molecule has 3 heteroatoms. The highest BCUT2D eigenvalue weighted by atomic mass is 32.1.